The third-order valence-corrected chi connectivity index (χ3v) is 6.05. The molecule has 1 fully saturated rings. The van der Waals surface area contributed by atoms with Crippen molar-refractivity contribution < 1.29 is 29.4 Å². The standard InChI is InChI=1S/C17H13BrN2O6S2/c18-8-3-4-10-9(6-8)13(15(25)20(10)7-12(23)24)14-16(26)19(17(27)28-14)5-1-2-11(21)22/h3-4,6H,1-2,5,7H2,(H,21,22)(H,23,24)/p-1/b14-13-. The van der Waals surface area contributed by atoms with Gasteiger partial charge in [-0.25, -0.2) is 0 Å². The Hall–Kier alpha value is -2.24. The molecule has 0 radical (unpaired) electrons. The summed E-state index contributed by atoms with van der Waals surface area (Å²) in [6.07, 6.45) is -0.0529. The maximum atomic E-state index is 12.9. The lowest BCUT2D eigenvalue weighted by molar-refractivity contribution is -0.305. The lowest BCUT2D eigenvalue weighted by Gasteiger charge is -2.14. The molecular weight excluding hydrogens is 472 g/mol. The Balaban J connectivity index is 2.01. The minimum Gasteiger partial charge on any atom is -0.550 e. The summed E-state index contributed by atoms with van der Waals surface area (Å²) in [6, 6.07) is 4.93. The molecule has 146 valence electrons. The monoisotopic (exact) mass is 483 g/mol. The number of fused-ring (bicyclic) bond motifs is 1. The normalized spacial score (nSPS) is 18.8. The van der Waals surface area contributed by atoms with Crippen LogP contribution in [0.5, 0.6) is 0 Å². The van der Waals surface area contributed by atoms with Crippen molar-refractivity contribution >= 4 is 79.2 Å². The van der Waals surface area contributed by atoms with Crippen molar-refractivity contribution in [1.29, 1.82) is 0 Å². The smallest absolute Gasteiger partial charge is 0.323 e. The molecule has 0 unspecified atom stereocenters. The third kappa shape index (κ3) is 3.82. The number of hydrogen-bond donors (Lipinski definition) is 1. The number of anilines is 1. The van der Waals surface area contributed by atoms with E-state index >= 15 is 0 Å². The summed E-state index contributed by atoms with van der Waals surface area (Å²) in [5.74, 6) is -3.50. The van der Waals surface area contributed by atoms with Gasteiger partial charge in [-0.05, 0) is 31.0 Å². The SMILES string of the molecule is O=C([O-])CCCN1C(=O)/C(=C2/C(=O)N(CC(=O)O)c3ccc(Br)cc32)SC1=S. The number of benzene rings is 1. The van der Waals surface area contributed by atoms with Crippen LogP contribution in [0.4, 0.5) is 5.69 Å². The fourth-order valence-electron chi connectivity index (χ4n) is 2.94. The van der Waals surface area contributed by atoms with Crippen LogP contribution in [0, 0.1) is 0 Å². The lowest BCUT2D eigenvalue weighted by Crippen LogP contribution is -2.33. The zero-order valence-corrected chi connectivity index (χ0v) is 17.4. The van der Waals surface area contributed by atoms with Crippen LogP contribution >= 0.6 is 39.9 Å². The van der Waals surface area contributed by atoms with E-state index in [9.17, 15) is 24.3 Å². The van der Waals surface area contributed by atoms with Crippen molar-refractivity contribution in [1.82, 2.24) is 4.90 Å². The highest BCUT2D eigenvalue weighted by Gasteiger charge is 2.42. The average molecular weight is 484 g/mol. The van der Waals surface area contributed by atoms with E-state index in [0.29, 0.717) is 15.7 Å². The highest BCUT2D eigenvalue weighted by molar-refractivity contribution is 9.10. The van der Waals surface area contributed by atoms with Gasteiger partial charge >= 0.3 is 5.97 Å². The first-order valence-corrected chi connectivity index (χ1v) is 10.0. The first-order chi connectivity index (χ1) is 13.2. The number of carbonyl (C=O) groups is 4. The number of thiocarbonyl (C=S) groups is 1. The van der Waals surface area contributed by atoms with Crippen LogP contribution in [-0.2, 0) is 19.2 Å². The summed E-state index contributed by atoms with van der Waals surface area (Å²) >= 11 is 9.48. The molecule has 1 saturated heterocycles. The van der Waals surface area contributed by atoms with Crippen LogP contribution in [-0.4, -0.2) is 51.2 Å². The highest BCUT2D eigenvalue weighted by atomic mass is 79.9. The molecular formula is C17H12BrN2O6S2-. The lowest BCUT2D eigenvalue weighted by atomic mass is 10.1. The quantitative estimate of drug-likeness (QED) is 0.469. The second-order valence-corrected chi connectivity index (χ2v) is 8.51. The summed E-state index contributed by atoms with van der Waals surface area (Å²) in [5.41, 5.74) is 0.931. The van der Waals surface area contributed by atoms with Gasteiger partial charge in [0.2, 0.25) is 0 Å². The third-order valence-electron chi connectivity index (χ3n) is 4.11. The molecule has 2 aliphatic rings. The van der Waals surface area contributed by atoms with Gasteiger partial charge in [0.1, 0.15) is 10.9 Å². The van der Waals surface area contributed by atoms with E-state index in [1.165, 1.54) is 4.90 Å². The molecule has 3 rings (SSSR count). The Bertz CT molecular complexity index is 961. The Morgan fingerprint density at radius 3 is 2.57 bits per heavy atom. The molecule has 11 heteroatoms. The zero-order valence-electron chi connectivity index (χ0n) is 14.1. The number of halogens is 1. The first-order valence-electron chi connectivity index (χ1n) is 8.02. The fraction of sp³-hybridized carbons (Fsp3) is 0.235. The number of nitrogens with zero attached hydrogens (tertiary/aromatic N) is 2. The van der Waals surface area contributed by atoms with Gasteiger partial charge in [0.15, 0.2) is 0 Å². The van der Waals surface area contributed by atoms with Crippen molar-refractivity contribution in [2.24, 2.45) is 0 Å². The second kappa shape index (κ2) is 8.02. The second-order valence-electron chi connectivity index (χ2n) is 5.95. The van der Waals surface area contributed by atoms with Crippen molar-refractivity contribution in [2.45, 2.75) is 12.8 Å². The molecule has 0 aliphatic carbocycles. The van der Waals surface area contributed by atoms with Gasteiger partial charge in [-0.1, -0.05) is 39.9 Å². The van der Waals surface area contributed by atoms with Crippen molar-refractivity contribution in [3.63, 3.8) is 0 Å². The highest BCUT2D eigenvalue weighted by Crippen LogP contribution is 2.45. The molecule has 1 aromatic carbocycles. The van der Waals surface area contributed by atoms with E-state index < -0.39 is 30.3 Å². The number of carbonyl (C=O) groups excluding carboxylic acids is 3. The molecule has 2 amide bonds. The van der Waals surface area contributed by atoms with Crippen LogP contribution in [0.25, 0.3) is 5.57 Å². The average Bonchev–Trinajstić information content (AvgIpc) is 3.02. The number of aliphatic carboxylic acids is 2. The van der Waals surface area contributed by atoms with E-state index in [2.05, 4.69) is 15.9 Å². The number of carboxylic acids is 2. The minimum atomic E-state index is -1.22. The van der Waals surface area contributed by atoms with Crippen LogP contribution < -0.4 is 10.0 Å². The molecule has 1 aromatic rings. The Kier molecular flexibility index (Phi) is 5.87. The number of hydrogen-bond acceptors (Lipinski definition) is 7. The summed E-state index contributed by atoms with van der Waals surface area (Å²) in [4.78, 5) is 50.0. The van der Waals surface area contributed by atoms with Gasteiger partial charge < -0.3 is 15.0 Å². The predicted octanol–water partition coefficient (Wildman–Crippen LogP) is 0.982. The van der Waals surface area contributed by atoms with Crippen LogP contribution in [0.3, 0.4) is 0 Å². The molecule has 0 saturated carbocycles. The van der Waals surface area contributed by atoms with E-state index in [0.717, 1.165) is 16.7 Å². The molecule has 0 spiro atoms. The summed E-state index contributed by atoms with van der Waals surface area (Å²) in [5, 5.41) is 19.7. The maximum absolute atomic E-state index is 12.9. The van der Waals surface area contributed by atoms with Crippen molar-refractivity contribution in [2.75, 3.05) is 18.0 Å². The Morgan fingerprint density at radius 1 is 1.21 bits per heavy atom. The summed E-state index contributed by atoms with van der Waals surface area (Å²) in [7, 11) is 0. The fourth-order valence-corrected chi connectivity index (χ4v) is 4.68. The molecule has 8 nitrogen and oxygen atoms in total. The topological polar surface area (TPSA) is 118 Å². The van der Waals surface area contributed by atoms with Gasteiger partial charge in [0.05, 0.1) is 16.2 Å². The van der Waals surface area contributed by atoms with Crippen LogP contribution in [0.1, 0.15) is 18.4 Å². The molecule has 2 aliphatic heterocycles. The van der Waals surface area contributed by atoms with Crippen molar-refractivity contribution in [3.8, 4) is 0 Å². The van der Waals surface area contributed by atoms with Gasteiger partial charge in [-0.15, -0.1) is 0 Å². The van der Waals surface area contributed by atoms with E-state index in [-0.39, 0.29) is 34.2 Å². The molecule has 1 N–H and O–H groups in total. The molecule has 0 atom stereocenters. The summed E-state index contributed by atoms with van der Waals surface area (Å²) in [6.45, 7) is -0.448. The number of amides is 2. The zero-order chi connectivity index (χ0) is 20.6. The van der Waals surface area contributed by atoms with Gasteiger partial charge in [0, 0.05) is 22.6 Å². The minimum absolute atomic E-state index is 0.0911. The van der Waals surface area contributed by atoms with E-state index in [1.807, 2.05) is 0 Å². The van der Waals surface area contributed by atoms with Crippen LogP contribution in [0.2, 0.25) is 0 Å². The van der Waals surface area contributed by atoms with Gasteiger partial charge in [-0.2, -0.15) is 0 Å². The predicted molar refractivity (Wildman–Crippen MR) is 107 cm³/mol. The Morgan fingerprint density at radius 2 is 1.93 bits per heavy atom. The molecule has 0 bridgehead atoms. The van der Waals surface area contributed by atoms with Gasteiger partial charge in [0.25, 0.3) is 11.8 Å². The molecule has 0 aromatic heterocycles. The van der Waals surface area contributed by atoms with Crippen molar-refractivity contribution in [3.05, 3.63) is 33.1 Å². The van der Waals surface area contributed by atoms with Gasteiger partial charge in [-0.3, -0.25) is 24.2 Å². The number of rotatable bonds is 6. The van der Waals surface area contributed by atoms with E-state index in [1.54, 1.807) is 18.2 Å². The first kappa shape index (κ1) is 20.5. The molecule has 28 heavy (non-hydrogen) atoms. The largest absolute Gasteiger partial charge is 0.550 e. The Labute approximate surface area is 177 Å². The maximum Gasteiger partial charge on any atom is 0.323 e. The number of thioether (sulfide) groups is 1. The number of carboxylic acid groups (broad SMARTS) is 2. The summed E-state index contributed by atoms with van der Waals surface area (Å²) < 4.78 is 0.880. The van der Waals surface area contributed by atoms with E-state index in [4.69, 9.17) is 17.3 Å². The van der Waals surface area contributed by atoms with Crippen LogP contribution in [0.15, 0.2) is 27.6 Å². The molecule has 2 heterocycles.